The number of fused-ring (bicyclic) bond motifs is 1. The van der Waals surface area contributed by atoms with Gasteiger partial charge in [0.2, 0.25) is 10.0 Å². The van der Waals surface area contributed by atoms with Crippen LogP contribution in [0.2, 0.25) is 5.02 Å². The molecule has 0 N–H and O–H groups in total. The molecular weight excluding hydrogens is 318 g/mol. The lowest BCUT2D eigenvalue weighted by Crippen LogP contribution is -2.54. The molecule has 0 saturated carbocycles. The van der Waals surface area contributed by atoms with E-state index >= 15 is 0 Å². The van der Waals surface area contributed by atoms with Gasteiger partial charge in [0.25, 0.3) is 0 Å². The maximum absolute atomic E-state index is 12.8. The zero-order chi connectivity index (χ0) is 14.2. The first kappa shape index (κ1) is 14.7. The van der Waals surface area contributed by atoms with Crippen LogP contribution in [0, 0.1) is 0 Å². The smallest absolute Gasteiger partial charge is 0.243 e. The molecule has 2 atom stereocenters. The Balaban J connectivity index is 1.93. The summed E-state index contributed by atoms with van der Waals surface area (Å²) in [6.45, 7) is 1.82. The second-order valence-corrected chi connectivity index (χ2v) is 8.59. The fourth-order valence-corrected chi connectivity index (χ4v) is 6.20. The van der Waals surface area contributed by atoms with Crippen molar-refractivity contribution < 1.29 is 13.2 Å². The third-order valence-electron chi connectivity index (χ3n) is 3.69. The van der Waals surface area contributed by atoms with Crippen molar-refractivity contribution in [1.29, 1.82) is 0 Å². The van der Waals surface area contributed by atoms with Gasteiger partial charge in [0, 0.05) is 35.2 Å². The van der Waals surface area contributed by atoms with Gasteiger partial charge in [-0.25, -0.2) is 8.42 Å². The summed E-state index contributed by atoms with van der Waals surface area (Å²) in [4.78, 5) is 0.280. The SMILES string of the molecule is O=S(=O)(c1cccc(Cl)c1)N1CCS[C@H]2COCC[C@H]21. The summed E-state index contributed by atoms with van der Waals surface area (Å²) in [7, 11) is -3.47. The van der Waals surface area contributed by atoms with Crippen molar-refractivity contribution in [1.82, 2.24) is 4.31 Å². The van der Waals surface area contributed by atoms with Crippen LogP contribution in [-0.4, -0.2) is 49.5 Å². The molecule has 0 unspecified atom stereocenters. The Bertz CT molecular complexity index is 591. The third-order valence-corrected chi connectivity index (χ3v) is 7.14. The molecule has 0 spiro atoms. The largest absolute Gasteiger partial charge is 0.380 e. The molecule has 7 heteroatoms. The first-order chi connectivity index (χ1) is 9.59. The van der Waals surface area contributed by atoms with Gasteiger partial charge in [-0.1, -0.05) is 17.7 Å². The van der Waals surface area contributed by atoms with Crippen molar-refractivity contribution in [2.75, 3.05) is 25.5 Å². The molecule has 1 aromatic carbocycles. The molecule has 110 valence electrons. The second kappa shape index (κ2) is 5.85. The van der Waals surface area contributed by atoms with Crippen molar-refractivity contribution in [3.05, 3.63) is 29.3 Å². The summed E-state index contributed by atoms with van der Waals surface area (Å²) in [6, 6.07) is 6.52. The highest BCUT2D eigenvalue weighted by molar-refractivity contribution is 8.00. The molecule has 2 saturated heterocycles. The molecule has 0 aliphatic carbocycles. The van der Waals surface area contributed by atoms with E-state index in [0.29, 0.717) is 24.8 Å². The van der Waals surface area contributed by atoms with Crippen LogP contribution in [0.15, 0.2) is 29.2 Å². The summed E-state index contributed by atoms with van der Waals surface area (Å²) in [5.41, 5.74) is 0. The van der Waals surface area contributed by atoms with Crippen LogP contribution < -0.4 is 0 Å². The standard InChI is InChI=1S/C13H16ClNO3S2/c14-10-2-1-3-11(8-10)20(16,17)15-5-7-19-13-9-18-6-4-12(13)15/h1-3,8,12-13H,4-7,9H2/t12-,13+/m1/s1. The molecule has 2 heterocycles. The highest BCUT2D eigenvalue weighted by Gasteiger charge is 2.40. The lowest BCUT2D eigenvalue weighted by Gasteiger charge is -2.42. The number of rotatable bonds is 2. The number of halogens is 1. The van der Waals surface area contributed by atoms with Gasteiger partial charge in [0.15, 0.2) is 0 Å². The summed E-state index contributed by atoms with van der Waals surface area (Å²) in [5.74, 6) is 0.810. The van der Waals surface area contributed by atoms with E-state index in [1.54, 1.807) is 22.5 Å². The van der Waals surface area contributed by atoms with Gasteiger partial charge in [-0.2, -0.15) is 16.1 Å². The summed E-state index contributed by atoms with van der Waals surface area (Å²) in [5, 5.41) is 0.687. The average molecular weight is 334 g/mol. The van der Waals surface area contributed by atoms with E-state index in [1.807, 2.05) is 11.8 Å². The van der Waals surface area contributed by atoms with E-state index in [-0.39, 0.29) is 16.2 Å². The molecule has 20 heavy (non-hydrogen) atoms. The van der Waals surface area contributed by atoms with Crippen molar-refractivity contribution in [2.24, 2.45) is 0 Å². The Hall–Kier alpha value is -0.270. The van der Waals surface area contributed by atoms with Gasteiger partial charge < -0.3 is 4.74 Å². The lowest BCUT2D eigenvalue weighted by atomic mass is 10.1. The number of hydrogen-bond acceptors (Lipinski definition) is 4. The topological polar surface area (TPSA) is 46.6 Å². The number of ether oxygens (including phenoxy) is 1. The van der Waals surface area contributed by atoms with Crippen LogP contribution in [0.3, 0.4) is 0 Å². The van der Waals surface area contributed by atoms with Crippen LogP contribution in [-0.2, 0) is 14.8 Å². The number of thioether (sulfide) groups is 1. The van der Waals surface area contributed by atoms with Gasteiger partial charge in [0.1, 0.15) is 0 Å². The van der Waals surface area contributed by atoms with Gasteiger partial charge in [0.05, 0.1) is 11.5 Å². The number of nitrogens with zero attached hydrogens (tertiary/aromatic N) is 1. The monoisotopic (exact) mass is 333 g/mol. The number of benzene rings is 1. The Labute approximate surface area is 128 Å². The van der Waals surface area contributed by atoms with E-state index in [1.165, 1.54) is 6.07 Å². The van der Waals surface area contributed by atoms with E-state index < -0.39 is 10.0 Å². The van der Waals surface area contributed by atoms with Crippen LogP contribution in [0.4, 0.5) is 0 Å². The van der Waals surface area contributed by atoms with Crippen molar-refractivity contribution in [3.63, 3.8) is 0 Å². The quantitative estimate of drug-likeness (QED) is 0.832. The minimum Gasteiger partial charge on any atom is -0.380 e. The van der Waals surface area contributed by atoms with Crippen LogP contribution in [0.5, 0.6) is 0 Å². The first-order valence-electron chi connectivity index (χ1n) is 6.56. The second-order valence-electron chi connectivity index (χ2n) is 4.91. The normalized spacial score (nSPS) is 28.1. The maximum Gasteiger partial charge on any atom is 0.243 e. The van der Waals surface area contributed by atoms with Gasteiger partial charge in [-0.3, -0.25) is 0 Å². The molecule has 2 fully saturated rings. The molecule has 0 amide bonds. The molecule has 3 rings (SSSR count). The predicted octanol–water partition coefficient (Wildman–Crippen LogP) is 2.24. The Morgan fingerprint density at radius 1 is 1.40 bits per heavy atom. The van der Waals surface area contributed by atoms with E-state index in [4.69, 9.17) is 16.3 Å². The zero-order valence-corrected chi connectivity index (χ0v) is 13.3. The van der Waals surface area contributed by atoms with E-state index in [2.05, 4.69) is 0 Å². The maximum atomic E-state index is 12.8. The Morgan fingerprint density at radius 3 is 3.05 bits per heavy atom. The van der Waals surface area contributed by atoms with E-state index in [0.717, 1.165) is 12.2 Å². The summed E-state index contributed by atoms with van der Waals surface area (Å²) >= 11 is 7.73. The summed E-state index contributed by atoms with van der Waals surface area (Å²) in [6.07, 6.45) is 0.761. The van der Waals surface area contributed by atoms with Crippen molar-refractivity contribution in [2.45, 2.75) is 22.6 Å². The highest BCUT2D eigenvalue weighted by atomic mass is 35.5. The minimum absolute atomic E-state index is 0.0338. The van der Waals surface area contributed by atoms with Crippen LogP contribution in [0.1, 0.15) is 6.42 Å². The van der Waals surface area contributed by atoms with Gasteiger partial charge >= 0.3 is 0 Å². The number of hydrogen-bond donors (Lipinski definition) is 0. The zero-order valence-electron chi connectivity index (χ0n) is 10.9. The van der Waals surface area contributed by atoms with Crippen molar-refractivity contribution in [3.8, 4) is 0 Å². The number of sulfonamides is 1. The molecule has 0 bridgehead atoms. The minimum atomic E-state index is -3.47. The predicted molar refractivity (Wildman–Crippen MR) is 80.8 cm³/mol. The van der Waals surface area contributed by atoms with Crippen LogP contribution in [0.25, 0.3) is 0 Å². The summed E-state index contributed by atoms with van der Waals surface area (Å²) < 4.78 is 32.7. The molecule has 4 nitrogen and oxygen atoms in total. The fourth-order valence-electron chi connectivity index (χ4n) is 2.71. The molecule has 2 aliphatic rings. The average Bonchev–Trinajstić information content (AvgIpc) is 2.46. The van der Waals surface area contributed by atoms with Crippen molar-refractivity contribution >= 4 is 33.4 Å². The molecule has 1 aromatic rings. The Kier molecular flexibility index (Phi) is 4.29. The van der Waals surface area contributed by atoms with Crippen LogP contribution >= 0.6 is 23.4 Å². The third kappa shape index (κ3) is 2.72. The first-order valence-corrected chi connectivity index (χ1v) is 9.42. The van der Waals surface area contributed by atoms with Gasteiger partial charge in [-0.05, 0) is 24.6 Å². The molecule has 0 aromatic heterocycles. The lowest BCUT2D eigenvalue weighted by molar-refractivity contribution is 0.0625. The highest BCUT2D eigenvalue weighted by Crippen LogP contribution is 2.34. The Morgan fingerprint density at radius 2 is 2.25 bits per heavy atom. The van der Waals surface area contributed by atoms with Gasteiger partial charge in [-0.15, -0.1) is 0 Å². The molecule has 2 aliphatic heterocycles. The van der Waals surface area contributed by atoms with E-state index in [9.17, 15) is 8.42 Å². The fraction of sp³-hybridized carbons (Fsp3) is 0.538. The molecule has 0 radical (unpaired) electrons. The molecular formula is C13H16ClNO3S2.